The van der Waals surface area contributed by atoms with Crippen molar-refractivity contribution in [3.8, 4) is 23.7 Å². The summed E-state index contributed by atoms with van der Waals surface area (Å²) in [5, 5.41) is 0. The van der Waals surface area contributed by atoms with Gasteiger partial charge in [-0.3, -0.25) is 0 Å². The van der Waals surface area contributed by atoms with Crippen LogP contribution in [-0.2, 0) is 0 Å². The van der Waals surface area contributed by atoms with Crippen LogP contribution in [0, 0.1) is 44.5 Å². The summed E-state index contributed by atoms with van der Waals surface area (Å²) in [7, 11) is 0. The molecule has 0 aliphatic rings. The van der Waals surface area contributed by atoms with Crippen molar-refractivity contribution in [2.24, 2.45) is 0 Å². The Bertz CT molecular complexity index is 725. The van der Waals surface area contributed by atoms with Crippen molar-refractivity contribution in [3.63, 3.8) is 0 Å². The van der Waals surface area contributed by atoms with Gasteiger partial charge in [-0.05, 0) is 63.1 Å². The summed E-state index contributed by atoms with van der Waals surface area (Å²) in [6, 6.07) is 8.43. The van der Waals surface area contributed by atoms with Crippen LogP contribution in [0.1, 0.15) is 38.9 Å². The first-order chi connectivity index (χ1) is 9.10. The molecule has 0 fully saturated rings. The largest absolute Gasteiger partial charge is 0.132 e. The highest BCUT2D eigenvalue weighted by Gasteiger charge is 2.01. The molecule has 1 aromatic heterocycles. The fraction of sp³-hybridized carbons (Fsp3) is 0.222. The monoisotopic (exact) mass is 264 g/mol. The second-order valence-electron chi connectivity index (χ2n) is 4.52. The molecule has 19 heavy (non-hydrogen) atoms. The van der Waals surface area contributed by atoms with Gasteiger partial charge >= 0.3 is 0 Å². The highest BCUT2D eigenvalue weighted by atomic mass is 32.1. The quantitative estimate of drug-likeness (QED) is 0.617. The first-order valence-corrected chi connectivity index (χ1v) is 7.04. The molecule has 1 heterocycles. The Morgan fingerprint density at radius 2 is 1.47 bits per heavy atom. The molecule has 0 atom stereocenters. The average Bonchev–Trinajstić information content (AvgIpc) is 2.78. The smallest absolute Gasteiger partial charge is 0.0775 e. The predicted molar refractivity (Wildman–Crippen MR) is 83.5 cm³/mol. The van der Waals surface area contributed by atoms with E-state index in [2.05, 4.69) is 68.7 Å². The lowest BCUT2D eigenvalue weighted by Gasteiger charge is -2.03. The van der Waals surface area contributed by atoms with Crippen molar-refractivity contribution in [2.75, 3.05) is 0 Å². The predicted octanol–water partition coefficient (Wildman–Crippen LogP) is 4.44. The molecule has 94 valence electrons. The highest BCUT2D eigenvalue weighted by molar-refractivity contribution is 7.12. The van der Waals surface area contributed by atoms with Gasteiger partial charge in [0.15, 0.2) is 0 Å². The number of thiophene rings is 1. The minimum atomic E-state index is 1.09. The number of aryl methyl sites for hydroxylation is 3. The SMILES string of the molecule is CC#Cc1cc(C)c(C#Cc2ccc(C)s2)cc1C. The van der Waals surface area contributed by atoms with E-state index in [1.807, 2.05) is 6.92 Å². The van der Waals surface area contributed by atoms with Gasteiger partial charge < -0.3 is 0 Å². The maximum Gasteiger partial charge on any atom is 0.0775 e. The number of benzene rings is 1. The Hall–Kier alpha value is -1.96. The van der Waals surface area contributed by atoms with Gasteiger partial charge in [0, 0.05) is 16.0 Å². The molecule has 0 saturated carbocycles. The van der Waals surface area contributed by atoms with Crippen molar-refractivity contribution >= 4 is 11.3 Å². The van der Waals surface area contributed by atoms with E-state index in [9.17, 15) is 0 Å². The van der Waals surface area contributed by atoms with Gasteiger partial charge in [-0.2, -0.15) is 0 Å². The first-order valence-electron chi connectivity index (χ1n) is 6.22. The number of rotatable bonds is 0. The van der Waals surface area contributed by atoms with Crippen LogP contribution in [0.15, 0.2) is 24.3 Å². The molecular formula is C18H16S. The minimum absolute atomic E-state index is 1.09. The van der Waals surface area contributed by atoms with Gasteiger partial charge in [0.25, 0.3) is 0 Å². The van der Waals surface area contributed by atoms with Crippen LogP contribution >= 0.6 is 11.3 Å². The highest BCUT2D eigenvalue weighted by Crippen LogP contribution is 2.16. The molecule has 0 spiro atoms. The minimum Gasteiger partial charge on any atom is -0.132 e. The van der Waals surface area contributed by atoms with E-state index in [0.717, 1.165) is 16.0 Å². The lowest BCUT2D eigenvalue weighted by Crippen LogP contribution is -1.89. The second-order valence-corrected chi connectivity index (χ2v) is 5.81. The molecule has 2 rings (SSSR count). The molecule has 0 unspecified atom stereocenters. The zero-order valence-corrected chi connectivity index (χ0v) is 12.5. The van der Waals surface area contributed by atoms with Gasteiger partial charge in [-0.25, -0.2) is 0 Å². The van der Waals surface area contributed by atoms with Gasteiger partial charge in [0.1, 0.15) is 0 Å². The molecule has 0 radical (unpaired) electrons. The van der Waals surface area contributed by atoms with Crippen molar-refractivity contribution in [1.82, 2.24) is 0 Å². The maximum absolute atomic E-state index is 3.26. The lowest BCUT2D eigenvalue weighted by molar-refractivity contribution is 1.35. The van der Waals surface area contributed by atoms with E-state index >= 15 is 0 Å². The van der Waals surface area contributed by atoms with Crippen molar-refractivity contribution in [1.29, 1.82) is 0 Å². The van der Waals surface area contributed by atoms with E-state index < -0.39 is 0 Å². The van der Waals surface area contributed by atoms with Gasteiger partial charge in [0.05, 0.1) is 4.88 Å². The maximum atomic E-state index is 3.26. The topological polar surface area (TPSA) is 0 Å². The molecule has 0 aliphatic carbocycles. The fourth-order valence-corrected chi connectivity index (χ4v) is 2.57. The Morgan fingerprint density at radius 1 is 0.842 bits per heavy atom. The van der Waals surface area contributed by atoms with Gasteiger partial charge in [-0.15, -0.1) is 17.3 Å². The summed E-state index contributed by atoms with van der Waals surface area (Å²) in [6.45, 7) is 8.13. The zero-order valence-electron chi connectivity index (χ0n) is 11.7. The molecular weight excluding hydrogens is 248 g/mol. The Morgan fingerprint density at radius 3 is 2.00 bits per heavy atom. The van der Waals surface area contributed by atoms with Gasteiger partial charge in [-0.1, -0.05) is 17.8 Å². The molecule has 0 saturated heterocycles. The molecule has 1 heteroatoms. The Balaban J connectivity index is 2.38. The molecule has 0 N–H and O–H groups in total. The van der Waals surface area contributed by atoms with E-state index in [0.29, 0.717) is 0 Å². The molecule has 0 bridgehead atoms. The van der Waals surface area contributed by atoms with E-state index in [4.69, 9.17) is 0 Å². The Kier molecular flexibility index (Phi) is 4.10. The van der Waals surface area contributed by atoms with Crippen LogP contribution in [0.2, 0.25) is 0 Å². The summed E-state index contributed by atoms with van der Waals surface area (Å²) < 4.78 is 0. The van der Waals surface area contributed by atoms with E-state index in [1.54, 1.807) is 11.3 Å². The molecule has 0 amide bonds. The lowest BCUT2D eigenvalue weighted by atomic mass is 10.0. The Labute approximate surface area is 119 Å². The fourth-order valence-electron chi connectivity index (χ4n) is 1.85. The molecule has 2 aromatic rings. The van der Waals surface area contributed by atoms with E-state index in [-0.39, 0.29) is 0 Å². The van der Waals surface area contributed by atoms with Crippen molar-refractivity contribution < 1.29 is 0 Å². The molecule has 0 aliphatic heterocycles. The van der Waals surface area contributed by atoms with Crippen LogP contribution in [0.4, 0.5) is 0 Å². The zero-order chi connectivity index (χ0) is 13.8. The van der Waals surface area contributed by atoms with Crippen LogP contribution in [0.25, 0.3) is 0 Å². The number of hydrogen-bond donors (Lipinski definition) is 0. The normalized spacial score (nSPS) is 9.26. The number of hydrogen-bond acceptors (Lipinski definition) is 1. The summed E-state index contributed by atoms with van der Waals surface area (Å²) in [6.07, 6.45) is 0. The molecule has 1 aromatic carbocycles. The third-order valence-electron chi connectivity index (χ3n) is 2.89. The summed E-state index contributed by atoms with van der Waals surface area (Å²) >= 11 is 1.73. The van der Waals surface area contributed by atoms with E-state index in [1.165, 1.54) is 16.0 Å². The van der Waals surface area contributed by atoms with Crippen molar-refractivity contribution in [2.45, 2.75) is 27.7 Å². The van der Waals surface area contributed by atoms with Crippen LogP contribution in [0.5, 0.6) is 0 Å². The third kappa shape index (κ3) is 3.28. The van der Waals surface area contributed by atoms with Crippen LogP contribution in [-0.4, -0.2) is 0 Å². The second kappa shape index (κ2) is 5.79. The summed E-state index contributed by atoms with van der Waals surface area (Å²) in [4.78, 5) is 2.41. The van der Waals surface area contributed by atoms with Crippen LogP contribution < -0.4 is 0 Å². The summed E-state index contributed by atoms with van der Waals surface area (Å²) in [5.74, 6) is 12.6. The average molecular weight is 264 g/mol. The van der Waals surface area contributed by atoms with Crippen molar-refractivity contribution in [3.05, 3.63) is 56.3 Å². The first kappa shape index (κ1) is 13.5. The third-order valence-corrected chi connectivity index (χ3v) is 3.81. The van der Waals surface area contributed by atoms with Crippen LogP contribution in [0.3, 0.4) is 0 Å². The molecule has 0 nitrogen and oxygen atoms in total. The summed E-state index contributed by atoms with van der Waals surface area (Å²) in [5.41, 5.74) is 4.55. The standard InChI is InChI=1S/C18H16S/c1-5-6-16-11-14(3)17(12-13(16)2)8-10-18-9-7-15(4)19-18/h7,9,11-12H,1-4H3. The van der Waals surface area contributed by atoms with Gasteiger partial charge in [0.2, 0.25) is 0 Å².